The standard InChI is InChI=1S/C7H7F2N3O4S/c1-3-2-11-7(12(13)14)4(6(8)9)5(3)17(10,15)16/h2,6H,1H3,(H2,10,15,16). The lowest BCUT2D eigenvalue weighted by atomic mass is 10.2. The Hall–Kier alpha value is -1.68. The highest BCUT2D eigenvalue weighted by molar-refractivity contribution is 7.89. The molecule has 10 heteroatoms. The van der Waals surface area contributed by atoms with Crippen molar-refractivity contribution < 1.29 is 22.1 Å². The van der Waals surface area contributed by atoms with Gasteiger partial charge in [-0.1, -0.05) is 0 Å². The van der Waals surface area contributed by atoms with E-state index < -0.39 is 37.6 Å². The average Bonchev–Trinajstić information content (AvgIpc) is 2.14. The highest BCUT2D eigenvalue weighted by Gasteiger charge is 2.33. The van der Waals surface area contributed by atoms with Crippen LogP contribution in [0.5, 0.6) is 0 Å². The molecule has 0 aromatic carbocycles. The van der Waals surface area contributed by atoms with Gasteiger partial charge in [-0.2, -0.15) is 0 Å². The lowest BCUT2D eigenvalue weighted by Gasteiger charge is -2.08. The first-order chi connectivity index (χ1) is 7.66. The summed E-state index contributed by atoms with van der Waals surface area (Å²) in [7, 11) is -4.49. The Morgan fingerprint density at radius 1 is 1.53 bits per heavy atom. The Balaban J connectivity index is 3.80. The van der Waals surface area contributed by atoms with E-state index in [9.17, 15) is 27.3 Å². The summed E-state index contributed by atoms with van der Waals surface area (Å²) < 4.78 is 47.7. The molecule has 0 aliphatic heterocycles. The van der Waals surface area contributed by atoms with E-state index in [4.69, 9.17) is 5.14 Å². The largest absolute Gasteiger partial charge is 0.373 e. The van der Waals surface area contributed by atoms with E-state index in [0.29, 0.717) is 0 Å². The number of aromatic nitrogens is 1. The number of nitrogens with zero attached hydrogens (tertiary/aromatic N) is 2. The number of pyridine rings is 1. The second-order valence-corrected chi connectivity index (χ2v) is 4.61. The number of halogens is 2. The van der Waals surface area contributed by atoms with E-state index >= 15 is 0 Å². The Morgan fingerprint density at radius 2 is 2.06 bits per heavy atom. The normalized spacial score (nSPS) is 11.8. The summed E-state index contributed by atoms with van der Waals surface area (Å²) in [6, 6.07) is 0. The van der Waals surface area contributed by atoms with Gasteiger partial charge in [-0.25, -0.2) is 22.3 Å². The van der Waals surface area contributed by atoms with Gasteiger partial charge in [-0.15, -0.1) is 0 Å². The summed E-state index contributed by atoms with van der Waals surface area (Å²) in [6.07, 6.45) is -2.56. The number of hydrogen-bond acceptors (Lipinski definition) is 5. The van der Waals surface area contributed by atoms with Crippen molar-refractivity contribution in [2.45, 2.75) is 18.2 Å². The summed E-state index contributed by atoms with van der Waals surface area (Å²) in [6.45, 7) is 1.17. The summed E-state index contributed by atoms with van der Waals surface area (Å²) in [5.74, 6) is -1.21. The number of nitro groups is 1. The number of primary sulfonamides is 1. The molecule has 0 bridgehead atoms. The number of aryl methyl sites for hydroxylation is 1. The summed E-state index contributed by atoms with van der Waals surface area (Å²) in [4.78, 5) is 11.5. The van der Waals surface area contributed by atoms with Crippen molar-refractivity contribution in [1.82, 2.24) is 4.98 Å². The fraction of sp³-hybridized carbons (Fsp3) is 0.286. The van der Waals surface area contributed by atoms with Crippen molar-refractivity contribution in [2.75, 3.05) is 0 Å². The van der Waals surface area contributed by atoms with Crippen molar-refractivity contribution >= 4 is 15.8 Å². The molecular formula is C7H7F2N3O4S. The second kappa shape index (κ2) is 4.30. The van der Waals surface area contributed by atoms with Gasteiger partial charge in [0.15, 0.2) is 0 Å². The van der Waals surface area contributed by atoms with Crippen LogP contribution in [-0.4, -0.2) is 18.3 Å². The summed E-state index contributed by atoms with van der Waals surface area (Å²) in [5, 5.41) is 15.2. The van der Waals surface area contributed by atoms with Gasteiger partial charge in [0.2, 0.25) is 10.0 Å². The fourth-order valence-electron chi connectivity index (χ4n) is 1.32. The first-order valence-corrected chi connectivity index (χ1v) is 5.65. The molecule has 0 saturated carbocycles. The van der Waals surface area contributed by atoms with E-state index in [2.05, 4.69) is 4.98 Å². The zero-order valence-corrected chi connectivity index (χ0v) is 9.24. The number of rotatable bonds is 3. The van der Waals surface area contributed by atoms with Gasteiger partial charge in [-0.05, 0) is 16.8 Å². The monoisotopic (exact) mass is 267 g/mol. The minimum Gasteiger partial charge on any atom is -0.358 e. The predicted octanol–water partition coefficient (Wildman–Crippen LogP) is 0.883. The van der Waals surface area contributed by atoms with Crippen LogP contribution in [0.15, 0.2) is 11.1 Å². The molecule has 0 spiro atoms. The maximum absolute atomic E-state index is 12.7. The molecule has 1 aromatic rings. The van der Waals surface area contributed by atoms with Gasteiger partial charge in [0, 0.05) is 5.56 Å². The van der Waals surface area contributed by atoms with Crippen molar-refractivity contribution in [3.8, 4) is 0 Å². The van der Waals surface area contributed by atoms with E-state index in [-0.39, 0.29) is 5.56 Å². The van der Waals surface area contributed by atoms with Crippen LogP contribution in [0, 0.1) is 17.0 Å². The summed E-state index contributed by atoms with van der Waals surface area (Å²) in [5.41, 5.74) is -1.45. The fourth-order valence-corrected chi connectivity index (χ4v) is 2.31. The van der Waals surface area contributed by atoms with Gasteiger partial charge >= 0.3 is 5.82 Å². The van der Waals surface area contributed by atoms with Crippen LogP contribution in [0.2, 0.25) is 0 Å². The van der Waals surface area contributed by atoms with Gasteiger partial charge in [0.05, 0.1) is 0 Å². The number of sulfonamides is 1. The smallest absolute Gasteiger partial charge is 0.358 e. The van der Waals surface area contributed by atoms with E-state index in [1.54, 1.807) is 0 Å². The van der Waals surface area contributed by atoms with Crippen molar-refractivity contribution in [3.63, 3.8) is 0 Å². The van der Waals surface area contributed by atoms with Crippen LogP contribution in [0.25, 0.3) is 0 Å². The van der Waals surface area contributed by atoms with Crippen LogP contribution in [0.3, 0.4) is 0 Å². The summed E-state index contributed by atoms with van der Waals surface area (Å²) >= 11 is 0. The zero-order chi connectivity index (χ0) is 13.4. The molecule has 0 aliphatic carbocycles. The van der Waals surface area contributed by atoms with Crippen molar-refractivity contribution in [2.24, 2.45) is 5.14 Å². The molecule has 0 aliphatic rings. The molecule has 1 aromatic heterocycles. The van der Waals surface area contributed by atoms with Crippen LogP contribution in [0.1, 0.15) is 17.6 Å². The average molecular weight is 267 g/mol. The van der Waals surface area contributed by atoms with Crippen LogP contribution in [-0.2, 0) is 10.0 Å². The topological polar surface area (TPSA) is 116 Å². The maximum atomic E-state index is 12.7. The second-order valence-electron chi connectivity index (χ2n) is 3.11. The van der Waals surface area contributed by atoms with Crippen molar-refractivity contribution in [1.29, 1.82) is 0 Å². The van der Waals surface area contributed by atoms with E-state index in [0.717, 1.165) is 6.20 Å². The lowest BCUT2D eigenvalue weighted by Crippen LogP contribution is -2.18. The first kappa shape index (κ1) is 13.4. The van der Waals surface area contributed by atoms with Crippen LogP contribution < -0.4 is 5.14 Å². The molecule has 1 heterocycles. The third kappa shape index (κ3) is 2.53. The molecule has 0 saturated heterocycles. The molecule has 94 valence electrons. The minimum absolute atomic E-state index is 0.173. The molecule has 7 nitrogen and oxygen atoms in total. The SMILES string of the molecule is Cc1cnc([N+](=O)[O-])c(C(F)F)c1S(N)(=O)=O. The van der Waals surface area contributed by atoms with E-state index in [1.807, 2.05) is 0 Å². The number of alkyl halides is 2. The number of hydrogen-bond donors (Lipinski definition) is 1. The third-order valence-corrected chi connectivity index (χ3v) is 3.01. The molecule has 0 fully saturated rings. The Bertz CT molecular complexity index is 573. The highest BCUT2D eigenvalue weighted by atomic mass is 32.2. The zero-order valence-electron chi connectivity index (χ0n) is 8.42. The van der Waals surface area contributed by atoms with Gasteiger partial charge in [0.25, 0.3) is 6.43 Å². The Morgan fingerprint density at radius 3 is 2.41 bits per heavy atom. The minimum atomic E-state index is -4.49. The maximum Gasteiger partial charge on any atom is 0.373 e. The number of nitrogens with two attached hydrogens (primary N) is 1. The third-order valence-electron chi connectivity index (χ3n) is 1.90. The van der Waals surface area contributed by atoms with E-state index in [1.165, 1.54) is 6.92 Å². The molecule has 0 radical (unpaired) electrons. The molecule has 17 heavy (non-hydrogen) atoms. The molecule has 2 N–H and O–H groups in total. The highest BCUT2D eigenvalue weighted by Crippen LogP contribution is 2.34. The van der Waals surface area contributed by atoms with Gasteiger partial charge in [-0.3, -0.25) is 0 Å². The van der Waals surface area contributed by atoms with Gasteiger partial charge in [0.1, 0.15) is 16.7 Å². The Kier molecular flexibility index (Phi) is 3.38. The first-order valence-electron chi connectivity index (χ1n) is 4.11. The Labute approximate surface area is 94.5 Å². The molecule has 0 atom stereocenters. The van der Waals surface area contributed by atoms with Crippen molar-refractivity contribution in [3.05, 3.63) is 27.4 Å². The van der Waals surface area contributed by atoms with Crippen LogP contribution >= 0.6 is 0 Å². The van der Waals surface area contributed by atoms with Gasteiger partial charge < -0.3 is 10.1 Å². The molecule has 0 amide bonds. The quantitative estimate of drug-likeness (QED) is 0.644. The molecule has 0 unspecified atom stereocenters. The molecule has 1 rings (SSSR count). The van der Waals surface area contributed by atoms with Crippen LogP contribution in [0.4, 0.5) is 14.6 Å². The molecular weight excluding hydrogens is 260 g/mol. The predicted molar refractivity (Wildman–Crippen MR) is 52.0 cm³/mol. The lowest BCUT2D eigenvalue weighted by molar-refractivity contribution is -0.391.